The molecule has 0 spiro atoms. The second kappa shape index (κ2) is 7.75. The second-order valence-corrected chi connectivity index (χ2v) is 8.54. The summed E-state index contributed by atoms with van der Waals surface area (Å²) in [6.45, 7) is 3.48. The lowest BCUT2D eigenvalue weighted by Gasteiger charge is -2.33. The maximum atomic E-state index is 14.0. The van der Waals surface area contributed by atoms with E-state index in [-0.39, 0.29) is 11.3 Å². The number of hydrogen-bond acceptors (Lipinski definition) is 4. The average Bonchev–Trinajstić information content (AvgIpc) is 2.64. The van der Waals surface area contributed by atoms with Crippen molar-refractivity contribution in [1.29, 1.82) is 0 Å². The Morgan fingerprint density at radius 3 is 2.46 bits per heavy atom. The highest BCUT2D eigenvalue weighted by molar-refractivity contribution is 7.92. The standard InChI is InChI=1S/C19H20F2N2O4S/c1-12-6-8-23(9-7-12)17-5-2-13(19(24)25)10-16(17)22-28(26,27)18-11-14(20)3-4-15(18)21/h2-5,10-12,22H,6-9H2,1H3,(H,24,25). The summed E-state index contributed by atoms with van der Waals surface area (Å²) >= 11 is 0. The first-order valence-electron chi connectivity index (χ1n) is 8.77. The topological polar surface area (TPSA) is 86.7 Å². The van der Waals surface area contributed by atoms with Crippen molar-refractivity contribution < 1.29 is 27.1 Å². The van der Waals surface area contributed by atoms with Gasteiger partial charge in [0.05, 0.1) is 16.9 Å². The van der Waals surface area contributed by atoms with Crippen molar-refractivity contribution in [2.24, 2.45) is 5.92 Å². The molecule has 0 amide bonds. The minimum Gasteiger partial charge on any atom is -0.478 e. The van der Waals surface area contributed by atoms with Gasteiger partial charge in [0.25, 0.3) is 10.0 Å². The molecule has 0 bridgehead atoms. The molecule has 3 rings (SSSR count). The Labute approximate surface area is 161 Å². The Balaban J connectivity index is 2.02. The van der Waals surface area contributed by atoms with Crippen molar-refractivity contribution in [1.82, 2.24) is 0 Å². The van der Waals surface area contributed by atoms with Crippen LogP contribution in [0.4, 0.5) is 20.2 Å². The van der Waals surface area contributed by atoms with Crippen LogP contribution in [0.1, 0.15) is 30.1 Å². The maximum absolute atomic E-state index is 14.0. The monoisotopic (exact) mass is 410 g/mol. The van der Waals surface area contributed by atoms with E-state index in [1.54, 1.807) is 0 Å². The number of carboxylic acids is 1. The Hall–Kier alpha value is -2.68. The molecule has 1 aliphatic rings. The number of piperidine rings is 1. The van der Waals surface area contributed by atoms with Gasteiger partial charge in [-0.05, 0) is 55.2 Å². The van der Waals surface area contributed by atoms with Crippen LogP contribution in [-0.2, 0) is 10.0 Å². The van der Waals surface area contributed by atoms with Crippen LogP contribution in [0, 0.1) is 17.6 Å². The zero-order valence-corrected chi connectivity index (χ0v) is 16.0. The number of benzene rings is 2. The summed E-state index contributed by atoms with van der Waals surface area (Å²) in [7, 11) is -4.47. The van der Waals surface area contributed by atoms with Crippen LogP contribution in [0.3, 0.4) is 0 Å². The highest BCUT2D eigenvalue weighted by atomic mass is 32.2. The van der Waals surface area contributed by atoms with Gasteiger partial charge in [0.1, 0.15) is 16.5 Å². The largest absolute Gasteiger partial charge is 0.478 e. The first kappa shape index (κ1) is 20.1. The molecular formula is C19H20F2N2O4S. The van der Waals surface area contributed by atoms with E-state index < -0.39 is 32.5 Å². The molecule has 0 aliphatic carbocycles. The smallest absolute Gasteiger partial charge is 0.335 e. The summed E-state index contributed by atoms with van der Waals surface area (Å²) in [6.07, 6.45) is 1.82. The SMILES string of the molecule is CC1CCN(c2ccc(C(=O)O)cc2NS(=O)(=O)c2cc(F)ccc2F)CC1. The van der Waals surface area contributed by atoms with Crippen molar-refractivity contribution in [2.45, 2.75) is 24.7 Å². The number of nitrogens with zero attached hydrogens (tertiary/aromatic N) is 1. The summed E-state index contributed by atoms with van der Waals surface area (Å²) < 4.78 is 55.0. The molecule has 0 aromatic heterocycles. The van der Waals surface area contributed by atoms with E-state index in [0.29, 0.717) is 30.8 Å². The van der Waals surface area contributed by atoms with Crippen molar-refractivity contribution in [2.75, 3.05) is 22.7 Å². The van der Waals surface area contributed by atoms with Gasteiger partial charge >= 0.3 is 5.97 Å². The number of rotatable bonds is 5. The molecule has 1 saturated heterocycles. The number of sulfonamides is 1. The Kier molecular flexibility index (Phi) is 5.55. The predicted molar refractivity (Wildman–Crippen MR) is 101 cm³/mol. The summed E-state index contributed by atoms with van der Waals surface area (Å²) in [5, 5.41) is 9.24. The fourth-order valence-electron chi connectivity index (χ4n) is 3.16. The molecule has 1 heterocycles. The van der Waals surface area contributed by atoms with Crippen molar-refractivity contribution in [3.8, 4) is 0 Å². The van der Waals surface area contributed by atoms with Crippen LogP contribution in [0.2, 0.25) is 0 Å². The second-order valence-electron chi connectivity index (χ2n) is 6.89. The van der Waals surface area contributed by atoms with Gasteiger partial charge in [0.15, 0.2) is 0 Å². The van der Waals surface area contributed by atoms with Crippen LogP contribution in [0.15, 0.2) is 41.3 Å². The van der Waals surface area contributed by atoms with Gasteiger partial charge in [-0.3, -0.25) is 4.72 Å². The normalized spacial score (nSPS) is 15.5. The van der Waals surface area contributed by atoms with E-state index in [1.807, 2.05) is 4.90 Å². The molecule has 6 nitrogen and oxygen atoms in total. The number of halogens is 2. The molecule has 9 heteroatoms. The molecule has 150 valence electrons. The van der Waals surface area contributed by atoms with Crippen LogP contribution in [-0.4, -0.2) is 32.6 Å². The van der Waals surface area contributed by atoms with E-state index in [2.05, 4.69) is 11.6 Å². The number of carboxylic acid groups (broad SMARTS) is 1. The highest BCUT2D eigenvalue weighted by Gasteiger charge is 2.25. The lowest BCUT2D eigenvalue weighted by atomic mass is 9.98. The van der Waals surface area contributed by atoms with Gasteiger partial charge in [-0.15, -0.1) is 0 Å². The maximum Gasteiger partial charge on any atom is 0.335 e. The summed E-state index contributed by atoms with van der Waals surface area (Å²) in [5.74, 6) is -2.68. The summed E-state index contributed by atoms with van der Waals surface area (Å²) in [5.41, 5.74) is 0.391. The molecule has 1 fully saturated rings. The first-order chi connectivity index (χ1) is 13.2. The molecular weight excluding hydrogens is 390 g/mol. The number of hydrogen-bond donors (Lipinski definition) is 2. The molecule has 1 aliphatic heterocycles. The summed E-state index contributed by atoms with van der Waals surface area (Å²) in [4.78, 5) is 12.4. The third-order valence-corrected chi connectivity index (χ3v) is 6.18. The molecule has 0 saturated carbocycles. The minimum atomic E-state index is -4.47. The Bertz CT molecular complexity index is 1000. The fraction of sp³-hybridized carbons (Fsp3) is 0.316. The van der Waals surface area contributed by atoms with E-state index in [0.717, 1.165) is 25.0 Å². The van der Waals surface area contributed by atoms with E-state index in [1.165, 1.54) is 18.2 Å². The van der Waals surface area contributed by atoms with Gasteiger partial charge in [-0.25, -0.2) is 22.0 Å². The number of anilines is 2. The zero-order chi connectivity index (χ0) is 20.5. The van der Waals surface area contributed by atoms with Crippen LogP contribution < -0.4 is 9.62 Å². The molecule has 2 aromatic carbocycles. The van der Waals surface area contributed by atoms with E-state index >= 15 is 0 Å². The quantitative estimate of drug-likeness (QED) is 0.785. The Morgan fingerprint density at radius 1 is 1.14 bits per heavy atom. The third kappa shape index (κ3) is 4.24. The molecule has 0 unspecified atom stereocenters. The Morgan fingerprint density at radius 2 is 1.82 bits per heavy atom. The molecule has 28 heavy (non-hydrogen) atoms. The van der Waals surface area contributed by atoms with Crippen molar-refractivity contribution >= 4 is 27.4 Å². The van der Waals surface area contributed by atoms with E-state index in [4.69, 9.17) is 0 Å². The lowest BCUT2D eigenvalue weighted by Crippen LogP contribution is -2.33. The number of nitrogens with one attached hydrogen (secondary N) is 1. The number of carbonyl (C=O) groups is 1. The molecule has 0 atom stereocenters. The third-order valence-electron chi connectivity index (χ3n) is 4.79. The van der Waals surface area contributed by atoms with Crippen molar-refractivity contribution in [3.63, 3.8) is 0 Å². The van der Waals surface area contributed by atoms with Gasteiger partial charge in [-0.1, -0.05) is 6.92 Å². The number of aromatic carboxylic acids is 1. The van der Waals surface area contributed by atoms with Crippen molar-refractivity contribution in [3.05, 3.63) is 53.6 Å². The van der Waals surface area contributed by atoms with Crippen LogP contribution in [0.25, 0.3) is 0 Å². The predicted octanol–water partition coefficient (Wildman–Crippen LogP) is 3.70. The summed E-state index contributed by atoms with van der Waals surface area (Å²) in [6, 6.07) is 6.23. The fourth-order valence-corrected chi connectivity index (χ4v) is 4.31. The zero-order valence-electron chi connectivity index (χ0n) is 15.2. The highest BCUT2D eigenvalue weighted by Crippen LogP contribution is 2.33. The average molecular weight is 410 g/mol. The lowest BCUT2D eigenvalue weighted by molar-refractivity contribution is 0.0697. The molecule has 2 aromatic rings. The first-order valence-corrected chi connectivity index (χ1v) is 10.3. The van der Waals surface area contributed by atoms with Gasteiger partial charge in [0, 0.05) is 13.1 Å². The minimum absolute atomic E-state index is 0.0121. The van der Waals surface area contributed by atoms with E-state index in [9.17, 15) is 27.1 Å². The van der Waals surface area contributed by atoms with Gasteiger partial charge in [0.2, 0.25) is 0 Å². The van der Waals surface area contributed by atoms with Crippen LogP contribution >= 0.6 is 0 Å². The molecule has 2 N–H and O–H groups in total. The molecule has 0 radical (unpaired) electrons. The van der Waals surface area contributed by atoms with Crippen LogP contribution in [0.5, 0.6) is 0 Å². The van der Waals surface area contributed by atoms with Gasteiger partial charge in [-0.2, -0.15) is 0 Å². The van der Waals surface area contributed by atoms with Gasteiger partial charge < -0.3 is 10.0 Å².